The maximum Gasteiger partial charge on any atom is 0.260 e. The van der Waals surface area contributed by atoms with Crippen molar-refractivity contribution in [3.05, 3.63) is 59.7 Å². The van der Waals surface area contributed by atoms with E-state index in [0.29, 0.717) is 29.4 Å². The molecule has 0 bridgehead atoms. The van der Waals surface area contributed by atoms with Crippen molar-refractivity contribution in [3.8, 4) is 11.5 Å². The molecule has 6 heteroatoms. The average molecular weight is 412 g/mol. The molecule has 3 atom stereocenters. The van der Waals surface area contributed by atoms with Crippen LogP contribution in [0.1, 0.15) is 29.3 Å². The predicted octanol–water partition coefficient (Wildman–Crippen LogP) is 3.83. The van der Waals surface area contributed by atoms with Crippen LogP contribution in [0.15, 0.2) is 48.5 Å². The van der Waals surface area contributed by atoms with Gasteiger partial charge < -0.3 is 23.7 Å². The fourth-order valence-electron chi connectivity index (χ4n) is 3.49. The highest BCUT2D eigenvalue weighted by atomic mass is 16.7. The van der Waals surface area contributed by atoms with Gasteiger partial charge in [0.2, 0.25) is 5.78 Å². The van der Waals surface area contributed by atoms with Crippen LogP contribution in [-0.2, 0) is 20.0 Å². The number of benzene rings is 2. The van der Waals surface area contributed by atoms with E-state index >= 15 is 0 Å². The van der Waals surface area contributed by atoms with Crippen LogP contribution in [0.4, 0.5) is 0 Å². The molecule has 2 aromatic rings. The summed E-state index contributed by atoms with van der Waals surface area (Å²) in [6.45, 7) is 4.21. The van der Waals surface area contributed by atoms with Crippen LogP contribution in [0.3, 0.4) is 0 Å². The Bertz CT molecular complexity index is 852. The summed E-state index contributed by atoms with van der Waals surface area (Å²) in [6.07, 6.45) is 1.40. The third-order valence-corrected chi connectivity index (χ3v) is 5.80. The fourth-order valence-corrected chi connectivity index (χ4v) is 3.49. The zero-order chi connectivity index (χ0) is 21.1. The van der Waals surface area contributed by atoms with Crippen LogP contribution >= 0.6 is 0 Å². The van der Waals surface area contributed by atoms with E-state index in [1.165, 1.54) is 20.6 Å². The van der Waals surface area contributed by atoms with Crippen molar-refractivity contribution in [1.29, 1.82) is 0 Å². The van der Waals surface area contributed by atoms with Crippen molar-refractivity contribution in [2.45, 2.75) is 25.2 Å². The van der Waals surface area contributed by atoms with Gasteiger partial charge in [0.25, 0.3) is 5.79 Å². The Morgan fingerprint density at radius 3 is 2.00 bits per heavy atom. The first kappa shape index (κ1) is 20.8. The second-order valence-corrected chi connectivity index (χ2v) is 7.95. The minimum absolute atomic E-state index is 0.183. The molecule has 160 valence electrons. The molecule has 1 saturated heterocycles. The second kappa shape index (κ2) is 8.76. The first-order chi connectivity index (χ1) is 14.6. The van der Waals surface area contributed by atoms with Gasteiger partial charge in [0.15, 0.2) is 0 Å². The quantitative estimate of drug-likeness (QED) is 0.318. The molecule has 0 amide bonds. The summed E-state index contributed by atoms with van der Waals surface area (Å²) in [6, 6.07) is 14.3. The standard InChI is InChI=1S/C24H28O6/c1-16-12-18(16)13-28-20-8-4-17(5-9-20)23(25)24(26-2,27-3)19-6-10-21(11-7-19)29-14-22-15-30-22/h4-11,16,18,22H,12-15H2,1-3H3. The third-order valence-electron chi connectivity index (χ3n) is 5.80. The number of ketones is 1. The predicted molar refractivity (Wildman–Crippen MR) is 111 cm³/mol. The summed E-state index contributed by atoms with van der Waals surface area (Å²) in [5.74, 6) is 1.03. The summed E-state index contributed by atoms with van der Waals surface area (Å²) >= 11 is 0. The first-order valence-corrected chi connectivity index (χ1v) is 10.3. The SMILES string of the molecule is COC(OC)(C(=O)c1ccc(OCC2CC2C)cc1)c1ccc(OCC2CO2)cc1. The maximum atomic E-state index is 13.3. The Morgan fingerprint density at radius 1 is 0.967 bits per heavy atom. The van der Waals surface area contributed by atoms with Crippen LogP contribution in [0.25, 0.3) is 0 Å². The average Bonchev–Trinajstić information content (AvgIpc) is 3.71. The monoisotopic (exact) mass is 412 g/mol. The molecular formula is C24H28O6. The number of rotatable bonds is 11. The smallest absolute Gasteiger partial charge is 0.260 e. The van der Waals surface area contributed by atoms with Gasteiger partial charge in [-0.3, -0.25) is 4.79 Å². The van der Waals surface area contributed by atoms with Crippen LogP contribution < -0.4 is 9.47 Å². The maximum absolute atomic E-state index is 13.3. The summed E-state index contributed by atoms with van der Waals surface area (Å²) in [5.41, 5.74) is 1.08. The Morgan fingerprint density at radius 2 is 1.50 bits per heavy atom. The lowest BCUT2D eigenvalue weighted by Crippen LogP contribution is -2.40. The van der Waals surface area contributed by atoms with Crippen molar-refractivity contribution in [3.63, 3.8) is 0 Å². The third kappa shape index (κ3) is 4.51. The minimum Gasteiger partial charge on any atom is -0.493 e. The fraction of sp³-hybridized carbons (Fsp3) is 0.458. The van der Waals surface area contributed by atoms with Gasteiger partial charge >= 0.3 is 0 Å². The van der Waals surface area contributed by atoms with Crippen LogP contribution in [-0.4, -0.2) is 45.9 Å². The number of carbonyl (C=O) groups excluding carboxylic acids is 1. The molecule has 30 heavy (non-hydrogen) atoms. The van der Waals surface area contributed by atoms with E-state index in [1.54, 1.807) is 36.4 Å². The molecule has 0 N–H and O–H groups in total. The van der Waals surface area contributed by atoms with Gasteiger partial charge in [0.05, 0.1) is 13.2 Å². The second-order valence-electron chi connectivity index (χ2n) is 7.95. The Kier molecular flexibility index (Phi) is 6.09. The van der Waals surface area contributed by atoms with Gasteiger partial charge in [-0.05, 0) is 66.8 Å². The van der Waals surface area contributed by atoms with E-state index in [-0.39, 0.29) is 11.9 Å². The molecule has 4 rings (SSSR count). The molecule has 1 heterocycles. The van der Waals surface area contributed by atoms with Gasteiger partial charge in [-0.2, -0.15) is 0 Å². The number of hydrogen-bond donors (Lipinski definition) is 0. The summed E-state index contributed by atoms with van der Waals surface area (Å²) < 4.78 is 27.8. The van der Waals surface area contributed by atoms with Crippen molar-refractivity contribution >= 4 is 5.78 Å². The zero-order valence-corrected chi connectivity index (χ0v) is 17.6. The topological polar surface area (TPSA) is 66.5 Å². The number of methoxy groups -OCH3 is 2. The van der Waals surface area contributed by atoms with Gasteiger partial charge in [-0.25, -0.2) is 0 Å². The molecule has 2 aliphatic rings. The molecule has 1 aliphatic heterocycles. The number of Topliss-reactive ketones (excluding diaryl/α,β-unsaturated/α-hetero) is 1. The molecular weight excluding hydrogens is 384 g/mol. The lowest BCUT2D eigenvalue weighted by atomic mass is 9.95. The van der Waals surface area contributed by atoms with Gasteiger partial charge in [-0.15, -0.1) is 0 Å². The number of epoxide rings is 1. The summed E-state index contributed by atoms with van der Waals surface area (Å²) in [7, 11) is 2.93. The Hall–Kier alpha value is -2.41. The number of hydrogen-bond acceptors (Lipinski definition) is 6. The van der Waals surface area contributed by atoms with E-state index in [4.69, 9.17) is 23.7 Å². The first-order valence-electron chi connectivity index (χ1n) is 10.3. The van der Waals surface area contributed by atoms with Crippen LogP contribution in [0.2, 0.25) is 0 Å². The summed E-state index contributed by atoms with van der Waals surface area (Å²) in [5, 5.41) is 0. The highest BCUT2D eigenvalue weighted by Crippen LogP contribution is 2.38. The van der Waals surface area contributed by atoms with E-state index in [9.17, 15) is 4.79 Å². The molecule has 1 aliphatic carbocycles. The Labute approximate surface area is 177 Å². The molecule has 1 saturated carbocycles. The zero-order valence-electron chi connectivity index (χ0n) is 17.6. The highest BCUT2D eigenvalue weighted by Gasteiger charge is 2.41. The number of ether oxygens (including phenoxy) is 5. The van der Waals surface area contributed by atoms with E-state index in [2.05, 4.69) is 6.92 Å². The minimum atomic E-state index is -1.54. The van der Waals surface area contributed by atoms with E-state index in [1.807, 2.05) is 12.1 Å². The molecule has 2 fully saturated rings. The lowest BCUT2D eigenvalue weighted by Gasteiger charge is -2.30. The molecule has 0 aromatic heterocycles. The molecule has 0 radical (unpaired) electrons. The lowest BCUT2D eigenvalue weighted by molar-refractivity contribution is -0.176. The van der Waals surface area contributed by atoms with Crippen LogP contribution in [0.5, 0.6) is 11.5 Å². The van der Waals surface area contributed by atoms with E-state index in [0.717, 1.165) is 24.9 Å². The van der Waals surface area contributed by atoms with Crippen molar-refractivity contribution in [1.82, 2.24) is 0 Å². The van der Waals surface area contributed by atoms with Crippen molar-refractivity contribution in [2.75, 3.05) is 34.0 Å². The van der Waals surface area contributed by atoms with Crippen molar-refractivity contribution in [2.24, 2.45) is 11.8 Å². The van der Waals surface area contributed by atoms with Gasteiger partial charge in [-0.1, -0.05) is 6.92 Å². The number of carbonyl (C=O) groups is 1. The van der Waals surface area contributed by atoms with Gasteiger partial charge in [0, 0.05) is 25.3 Å². The molecule has 0 spiro atoms. The Balaban J connectivity index is 1.46. The van der Waals surface area contributed by atoms with Crippen LogP contribution in [0, 0.1) is 11.8 Å². The molecule has 6 nitrogen and oxygen atoms in total. The summed E-state index contributed by atoms with van der Waals surface area (Å²) in [4.78, 5) is 13.3. The van der Waals surface area contributed by atoms with Crippen molar-refractivity contribution < 1.29 is 28.5 Å². The van der Waals surface area contributed by atoms with Gasteiger partial charge in [0.1, 0.15) is 24.2 Å². The normalized spacial score (nSPS) is 22.4. The highest BCUT2D eigenvalue weighted by molar-refractivity contribution is 6.02. The largest absolute Gasteiger partial charge is 0.493 e. The molecule has 2 aromatic carbocycles. The van der Waals surface area contributed by atoms with E-state index < -0.39 is 5.79 Å². The molecule has 3 unspecified atom stereocenters.